The van der Waals surface area contributed by atoms with E-state index in [-0.39, 0.29) is 25.7 Å². The second kappa shape index (κ2) is 87.9. The van der Waals surface area contributed by atoms with Gasteiger partial charge in [-0.1, -0.05) is 471 Å². The van der Waals surface area contributed by atoms with Crippen molar-refractivity contribution in [3.63, 3.8) is 0 Å². The van der Waals surface area contributed by atoms with Crippen LogP contribution in [0.4, 0.5) is 0 Å². The number of esters is 4. The highest BCUT2D eigenvalue weighted by Gasteiger charge is 2.31. The molecule has 2 unspecified atom stereocenters. The minimum absolute atomic E-state index is 0.110. The smallest absolute Gasteiger partial charge is 0.462 e. The van der Waals surface area contributed by atoms with Crippen molar-refractivity contribution in [3.05, 3.63) is 0 Å². The summed E-state index contributed by atoms with van der Waals surface area (Å²) in [6.07, 6.45) is 86.4. The maximum atomic E-state index is 13.2. The molecule has 0 fully saturated rings. The van der Waals surface area contributed by atoms with Crippen LogP contribution in [0.15, 0.2) is 0 Å². The SMILES string of the molecule is CCCCCCCCCCCCCCCCCCCCCCCCC(=O)O[C@H](COC(=O)CCCCCCCCCCCCCCCCCCCCCCC)COP(=O)(O)OC[C@@H](O)COP(=O)(O)OC[C@@H](COC(=O)CCCCCCCCCCCCC)OC(=O)CCCCCCCCCCCCCCCCCCCCC. The van der Waals surface area contributed by atoms with Gasteiger partial charge in [0.15, 0.2) is 12.2 Å². The molecule has 0 aromatic heterocycles. The van der Waals surface area contributed by atoms with Crippen LogP contribution in [-0.4, -0.2) is 96.7 Å². The number of hydrogen-bond donors (Lipinski definition) is 3. The molecular weight excluding hydrogens is 1460 g/mol. The van der Waals surface area contributed by atoms with Gasteiger partial charge in [-0.05, 0) is 25.7 Å². The number of ether oxygens (including phenoxy) is 4. The molecule has 0 rings (SSSR count). The zero-order valence-corrected chi connectivity index (χ0v) is 76.2. The van der Waals surface area contributed by atoms with Gasteiger partial charge in [0.25, 0.3) is 0 Å². The molecule has 113 heavy (non-hydrogen) atoms. The molecule has 0 heterocycles. The molecule has 0 radical (unpaired) electrons. The first-order chi connectivity index (χ1) is 55.2. The van der Waals surface area contributed by atoms with E-state index in [1.54, 1.807) is 0 Å². The molecule has 0 aliphatic heterocycles. The molecule has 672 valence electrons. The zero-order chi connectivity index (χ0) is 82.4. The molecule has 0 saturated carbocycles. The minimum atomic E-state index is -4.97. The van der Waals surface area contributed by atoms with Crippen molar-refractivity contribution >= 4 is 39.5 Å². The summed E-state index contributed by atoms with van der Waals surface area (Å²) in [6, 6.07) is 0. The van der Waals surface area contributed by atoms with Crippen LogP contribution in [-0.2, 0) is 65.4 Å². The lowest BCUT2D eigenvalue weighted by Crippen LogP contribution is -2.30. The number of phosphoric ester groups is 2. The van der Waals surface area contributed by atoms with Gasteiger partial charge in [0.1, 0.15) is 19.3 Å². The van der Waals surface area contributed by atoms with Gasteiger partial charge < -0.3 is 33.8 Å². The van der Waals surface area contributed by atoms with Gasteiger partial charge in [-0.2, -0.15) is 0 Å². The van der Waals surface area contributed by atoms with Gasteiger partial charge in [-0.15, -0.1) is 0 Å². The molecule has 0 aromatic rings. The van der Waals surface area contributed by atoms with E-state index in [9.17, 15) is 43.2 Å². The average molecular weight is 1650 g/mol. The second-order valence-electron chi connectivity index (χ2n) is 33.8. The third-order valence-corrected chi connectivity index (χ3v) is 24.3. The van der Waals surface area contributed by atoms with Gasteiger partial charge in [-0.3, -0.25) is 37.3 Å². The van der Waals surface area contributed by atoms with Gasteiger partial charge in [0.2, 0.25) is 0 Å². The quantitative estimate of drug-likeness (QED) is 0.0222. The molecule has 0 saturated heterocycles. The number of hydrogen-bond acceptors (Lipinski definition) is 15. The van der Waals surface area contributed by atoms with Crippen LogP contribution in [0.3, 0.4) is 0 Å². The van der Waals surface area contributed by atoms with Crippen LogP contribution < -0.4 is 0 Å². The number of phosphoric acid groups is 2. The van der Waals surface area contributed by atoms with Crippen LogP contribution in [0.25, 0.3) is 0 Å². The fourth-order valence-electron chi connectivity index (χ4n) is 14.9. The summed E-state index contributed by atoms with van der Waals surface area (Å²) in [5, 5.41) is 10.7. The van der Waals surface area contributed by atoms with E-state index in [4.69, 9.17) is 37.0 Å². The van der Waals surface area contributed by atoms with Gasteiger partial charge in [0.05, 0.1) is 26.4 Å². The lowest BCUT2D eigenvalue weighted by atomic mass is 10.0. The normalized spacial score (nSPS) is 13.6. The summed E-state index contributed by atoms with van der Waals surface area (Å²) < 4.78 is 69.1. The van der Waals surface area contributed by atoms with Crippen molar-refractivity contribution in [2.24, 2.45) is 0 Å². The molecular formula is C94H184O17P2. The molecule has 0 amide bonds. The topological polar surface area (TPSA) is 237 Å². The summed E-state index contributed by atoms with van der Waals surface area (Å²) in [5.74, 6) is -2.09. The number of rotatable bonds is 95. The zero-order valence-electron chi connectivity index (χ0n) is 74.4. The van der Waals surface area contributed by atoms with Crippen LogP contribution >= 0.6 is 15.6 Å². The highest BCUT2D eigenvalue weighted by Crippen LogP contribution is 2.45. The first-order valence-corrected chi connectivity index (χ1v) is 51.8. The van der Waals surface area contributed by atoms with E-state index in [1.807, 2.05) is 0 Å². The maximum absolute atomic E-state index is 13.2. The molecule has 0 spiro atoms. The standard InChI is InChI=1S/C94H184O17P2/c1-5-9-13-17-21-25-29-32-35-38-41-43-45-48-51-54-57-61-65-69-73-77-81-94(99)111-90(85-105-92(97)79-75-71-67-63-59-55-52-49-47-44-42-39-36-33-30-26-22-18-14-10-6-2)87-109-113(102,103)107-83-88(95)82-106-112(100,101)108-86-89(84-104-91(96)78-74-70-66-62-58-28-24-20-16-12-8-4)110-93(98)80-76-72-68-64-60-56-53-50-46-40-37-34-31-27-23-19-15-11-7-3/h88-90,95H,5-87H2,1-4H3,(H,100,101)(H,102,103)/t88-,89+,90+/m0/s1. The first-order valence-electron chi connectivity index (χ1n) is 48.8. The number of carbonyl (C=O) groups is 4. The third-order valence-electron chi connectivity index (χ3n) is 22.4. The molecule has 19 heteroatoms. The Hall–Kier alpha value is -1.94. The monoisotopic (exact) mass is 1650 g/mol. The number of unbranched alkanes of at least 4 members (excludes halogenated alkanes) is 69. The van der Waals surface area contributed by atoms with E-state index in [0.717, 1.165) is 89.9 Å². The Balaban J connectivity index is 5.22. The second-order valence-corrected chi connectivity index (χ2v) is 36.7. The Bertz CT molecular complexity index is 2120. The van der Waals surface area contributed by atoms with Crippen molar-refractivity contribution in [1.29, 1.82) is 0 Å². The highest BCUT2D eigenvalue weighted by molar-refractivity contribution is 7.47. The van der Waals surface area contributed by atoms with Crippen molar-refractivity contribution in [2.45, 2.75) is 540 Å². The Kier molecular flexibility index (Phi) is 86.4. The number of aliphatic hydroxyl groups is 1. The summed E-state index contributed by atoms with van der Waals surface area (Å²) in [4.78, 5) is 73.5. The molecule has 17 nitrogen and oxygen atoms in total. The molecule has 0 aliphatic carbocycles. The highest BCUT2D eigenvalue weighted by atomic mass is 31.2. The molecule has 0 aromatic carbocycles. The Morgan fingerprint density at radius 2 is 0.354 bits per heavy atom. The summed E-state index contributed by atoms with van der Waals surface area (Å²) in [5.41, 5.74) is 0. The lowest BCUT2D eigenvalue weighted by Gasteiger charge is -2.21. The van der Waals surface area contributed by atoms with E-state index in [2.05, 4.69) is 27.7 Å². The van der Waals surface area contributed by atoms with Crippen molar-refractivity contribution in [3.8, 4) is 0 Å². The number of carbonyl (C=O) groups excluding carboxylic acids is 4. The van der Waals surface area contributed by atoms with Crippen molar-refractivity contribution in [1.82, 2.24) is 0 Å². The van der Waals surface area contributed by atoms with Crippen LogP contribution in [0.1, 0.15) is 522 Å². The predicted octanol–water partition coefficient (Wildman–Crippen LogP) is 29.6. The summed E-state index contributed by atoms with van der Waals surface area (Å²) in [6.45, 7) is 5.10. The van der Waals surface area contributed by atoms with E-state index >= 15 is 0 Å². The van der Waals surface area contributed by atoms with Gasteiger partial charge >= 0.3 is 39.5 Å². The molecule has 0 bridgehead atoms. The Labute approximate surface area is 696 Å². The first kappa shape index (κ1) is 111. The largest absolute Gasteiger partial charge is 0.472 e. The average Bonchev–Trinajstić information content (AvgIpc) is 0.897. The predicted molar refractivity (Wildman–Crippen MR) is 469 cm³/mol. The Morgan fingerprint density at radius 3 is 0.522 bits per heavy atom. The fourth-order valence-corrected chi connectivity index (χ4v) is 16.5. The maximum Gasteiger partial charge on any atom is 0.472 e. The van der Waals surface area contributed by atoms with E-state index < -0.39 is 97.5 Å². The van der Waals surface area contributed by atoms with E-state index in [1.165, 1.54) is 353 Å². The van der Waals surface area contributed by atoms with Crippen LogP contribution in [0.2, 0.25) is 0 Å². The molecule has 5 atom stereocenters. The summed E-state index contributed by atoms with van der Waals surface area (Å²) >= 11 is 0. The van der Waals surface area contributed by atoms with E-state index in [0.29, 0.717) is 25.7 Å². The molecule has 0 aliphatic rings. The third kappa shape index (κ3) is 87.7. The van der Waals surface area contributed by atoms with Crippen molar-refractivity contribution in [2.75, 3.05) is 39.6 Å². The molecule has 3 N–H and O–H groups in total. The number of aliphatic hydroxyl groups excluding tert-OH is 1. The van der Waals surface area contributed by atoms with Gasteiger partial charge in [0, 0.05) is 25.7 Å². The fraction of sp³-hybridized carbons (Fsp3) is 0.957. The lowest BCUT2D eigenvalue weighted by molar-refractivity contribution is -0.161. The van der Waals surface area contributed by atoms with Crippen LogP contribution in [0.5, 0.6) is 0 Å². The van der Waals surface area contributed by atoms with Gasteiger partial charge in [-0.25, -0.2) is 9.13 Å². The Morgan fingerprint density at radius 1 is 0.212 bits per heavy atom. The minimum Gasteiger partial charge on any atom is -0.462 e. The van der Waals surface area contributed by atoms with Crippen molar-refractivity contribution < 1.29 is 80.2 Å². The summed E-state index contributed by atoms with van der Waals surface area (Å²) in [7, 11) is -9.94. The van der Waals surface area contributed by atoms with Crippen LogP contribution in [0, 0.1) is 0 Å².